The van der Waals surface area contributed by atoms with Gasteiger partial charge in [0.1, 0.15) is 5.82 Å². The average molecular weight is 217 g/mol. The summed E-state index contributed by atoms with van der Waals surface area (Å²) in [5, 5.41) is 0. The molecule has 0 aliphatic heterocycles. The van der Waals surface area contributed by atoms with Gasteiger partial charge in [-0.05, 0) is 30.0 Å². The summed E-state index contributed by atoms with van der Waals surface area (Å²) in [7, 11) is 0. The van der Waals surface area contributed by atoms with Gasteiger partial charge in [-0.15, -0.1) is 0 Å². The van der Waals surface area contributed by atoms with Gasteiger partial charge < -0.3 is 5.73 Å². The number of alkyl halides is 2. The molecule has 0 amide bonds. The molecule has 2 N–H and O–H groups in total. The second-order valence-electron chi connectivity index (χ2n) is 3.69. The minimum Gasteiger partial charge on any atom is -0.323 e. The first-order valence-corrected chi connectivity index (χ1v) is 4.80. The van der Waals surface area contributed by atoms with Crippen LogP contribution >= 0.6 is 0 Å². The van der Waals surface area contributed by atoms with Crippen LogP contribution in [0.4, 0.5) is 13.2 Å². The first-order chi connectivity index (χ1) is 7.00. The number of rotatable bonds is 4. The molecule has 4 heteroatoms. The van der Waals surface area contributed by atoms with Crippen molar-refractivity contribution in [1.82, 2.24) is 0 Å². The third kappa shape index (κ3) is 3.55. The Morgan fingerprint density at radius 1 is 1.20 bits per heavy atom. The zero-order valence-corrected chi connectivity index (χ0v) is 8.46. The van der Waals surface area contributed by atoms with Crippen molar-refractivity contribution >= 4 is 0 Å². The summed E-state index contributed by atoms with van der Waals surface area (Å²) >= 11 is 0. The van der Waals surface area contributed by atoms with Crippen LogP contribution in [0.3, 0.4) is 0 Å². The van der Waals surface area contributed by atoms with Gasteiger partial charge in [0.15, 0.2) is 0 Å². The fourth-order valence-corrected chi connectivity index (χ4v) is 1.44. The Balaban J connectivity index is 2.61. The van der Waals surface area contributed by atoms with Gasteiger partial charge in [-0.3, -0.25) is 0 Å². The van der Waals surface area contributed by atoms with Crippen LogP contribution in [-0.4, -0.2) is 12.5 Å². The number of benzene rings is 1. The lowest BCUT2D eigenvalue weighted by molar-refractivity contribution is 0.109. The van der Waals surface area contributed by atoms with Crippen LogP contribution in [-0.2, 0) is 0 Å². The lowest BCUT2D eigenvalue weighted by Crippen LogP contribution is -2.30. The molecular formula is C11H14F3N. The monoisotopic (exact) mass is 217 g/mol. The smallest absolute Gasteiger partial charge is 0.253 e. The van der Waals surface area contributed by atoms with E-state index in [2.05, 4.69) is 0 Å². The van der Waals surface area contributed by atoms with E-state index in [9.17, 15) is 13.2 Å². The van der Waals surface area contributed by atoms with E-state index in [-0.39, 0.29) is 18.2 Å². The topological polar surface area (TPSA) is 26.0 Å². The first kappa shape index (κ1) is 12.0. The SMILES string of the molecule is CC(CC(N)C(F)F)c1ccc(F)cc1. The minimum absolute atomic E-state index is 0.0883. The molecule has 1 nitrogen and oxygen atoms in total. The summed E-state index contributed by atoms with van der Waals surface area (Å²) < 4.78 is 37.0. The highest BCUT2D eigenvalue weighted by Crippen LogP contribution is 2.22. The molecule has 1 rings (SSSR count). The van der Waals surface area contributed by atoms with E-state index in [4.69, 9.17) is 5.73 Å². The molecule has 0 saturated heterocycles. The molecule has 84 valence electrons. The van der Waals surface area contributed by atoms with E-state index in [1.165, 1.54) is 12.1 Å². The molecule has 15 heavy (non-hydrogen) atoms. The van der Waals surface area contributed by atoms with Gasteiger partial charge in [0.2, 0.25) is 0 Å². The summed E-state index contributed by atoms with van der Waals surface area (Å²) in [6.07, 6.45) is -2.31. The van der Waals surface area contributed by atoms with E-state index >= 15 is 0 Å². The normalized spacial score (nSPS) is 15.3. The van der Waals surface area contributed by atoms with Crippen molar-refractivity contribution in [2.75, 3.05) is 0 Å². The maximum absolute atomic E-state index is 12.6. The molecule has 1 aromatic carbocycles. The minimum atomic E-state index is -2.51. The van der Waals surface area contributed by atoms with Gasteiger partial charge in [-0.1, -0.05) is 19.1 Å². The Kier molecular flexibility index (Phi) is 4.15. The average Bonchev–Trinajstić information content (AvgIpc) is 2.18. The van der Waals surface area contributed by atoms with Crippen LogP contribution in [0.5, 0.6) is 0 Å². The molecule has 0 heterocycles. The summed E-state index contributed by atoms with van der Waals surface area (Å²) in [5.74, 6) is -0.418. The zero-order valence-electron chi connectivity index (χ0n) is 8.46. The van der Waals surface area contributed by atoms with Crippen molar-refractivity contribution in [1.29, 1.82) is 0 Å². The van der Waals surface area contributed by atoms with Crippen LogP contribution in [0.15, 0.2) is 24.3 Å². The predicted octanol–water partition coefficient (Wildman–Crippen LogP) is 2.91. The molecule has 0 spiro atoms. The summed E-state index contributed by atoms with van der Waals surface area (Å²) in [5.41, 5.74) is 6.09. The number of hydrogen-bond acceptors (Lipinski definition) is 1. The quantitative estimate of drug-likeness (QED) is 0.824. The first-order valence-electron chi connectivity index (χ1n) is 4.80. The molecule has 0 radical (unpaired) electrons. The Morgan fingerprint density at radius 3 is 2.20 bits per heavy atom. The van der Waals surface area contributed by atoms with Crippen molar-refractivity contribution in [3.8, 4) is 0 Å². The third-order valence-electron chi connectivity index (χ3n) is 2.39. The maximum atomic E-state index is 12.6. The van der Waals surface area contributed by atoms with Gasteiger partial charge in [-0.2, -0.15) is 0 Å². The van der Waals surface area contributed by atoms with Crippen LogP contribution in [0.2, 0.25) is 0 Å². The fourth-order valence-electron chi connectivity index (χ4n) is 1.44. The molecule has 0 aliphatic carbocycles. The molecule has 2 atom stereocenters. The lowest BCUT2D eigenvalue weighted by Gasteiger charge is -2.16. The lowest BCUT2D eigenvalue weighted by atomic mass is 9.94. The molecule has 1 aromatic rings. The molecule has 0 aliphatic rings. The number of halogens is 3. The summed E-state index contributed by atoms with van der Waals surface area (Å²) in [6, 6.07) is 4.71. The van der Waals surface area contributed by atoms with Crippen molar-refractivity contribution in [2.45, 2.75) is 31.7 Å². The fraction of sp³-hybridized carbons (Fsp3) is 0.455. The van der Waals surface area contributed by atoms with Crippen molar-refractivity contribution in [3.63, 3.8) is 0 Å². The highest BCUT2D eigenvalue weighted by molar-refractivity contribution is 5.19. The second kappa shape index (κ2) is 5.16. The van der Waals surface area contributed by atoms with E-state index < -0.39 is 12.5 Å². The molecule has 2 unspecified atom stereocenters. The molecule has 0 saturated carbocycles. The van der Waals surface area contributed by atoms with Gasteiger partial charge in [-0.25, -0.2) is 13.2 Å². The summed E-state index contributed by atoms with van der Waals surface area (Å²) in [6.45, 7) is 1.80. The Hall–Kier alpha value is -1.03. The van der Waals surface area contributed by atoms with Crippen molar-refractivity contribution in [2.24, 2.45) is 5.73 Å². The Bertz CT molecular complexity index is 297. The van der Waals surface area contributed by atoms with Gasteiger partial charge >= 0.3 is 0 Å². The highest BCUT2D eigenvalue weighted by Gasteiger charge is 2.18. The predicted molar refractivity (Wildman–Crippen MR) is 53.4 cm³/mol. The van der Waals surface area contributed by atoms with E-state index in [0.717, 1.165) is 5.56 Å². The largest absolute Gasteiger partial charge is 0.323 e. The van der Waals surface area contributed by atoms with Crippen LogP contribution in [0, 0.1) is 5.82 Å². The van der Waals surface area contributed by atoms with Gasteiger partial charge in [0.25, 0.3) is 6.43 Å². The van der Waals surface area contributed by atoms with Gasteiger partial charge in [0, 0.05) is 0 Å². The van der Waals surface area contributed by atoms with E-state index in [1.807, 2.05) is 0 Å². The standard InChI is InChI=1S/C11H14F3N/c1-7(6-10(15)11(13)14)8-2-4-9(12)5-3-8/h2-5,7,10-11H,6,15H2,1H3. The maximum Gasteiger partial charge on any atom is 0.253 e. The molecule has 0 fully saturated rings. The molecular weight excluding hydrogens is 203 g/mol. The molecule has 0 aromatic heterocycles. The zero-order chi connectivity index (χ0) is 11.4. The van der Waals surface area contributed by atoms with E-state index in [0.29, 0.717) is 0 Å². The van der Waals surface area contributed by atoms with Crippen LogP contribution < -0.4 is 5.73 Å². The molecule has 0 bridgehead atoms. The van der Waals surface area contributed by atoms with Gasteiger partial charge in [0.05, 0.1) is 6.04 Å². The van der Waals surface area contributed by atoms with Crippen molar-refractivity contribution < 1.29 is 13.2 Å². The Labute approximate surface area is 87.1 Å². The second-order valence-corrected chi connectivity index (χ2v) is 3.69. The number of nitrogens with two attached hydrogens (primary N) is 1. The summed E-state index contributed by atoms with van der Waals surface area (Å²) in [4.78, 5) is 0. The van der Waals surface area contributed by atoms with Crippen LogP contribution in [0.25, 0.3) is 0 Å². The number of hydrogen-bond donors (Lipinski definition) is 1. The third-order valence-corrected chi connectivity index (χ3v) is 2.39. The highest BCUT2D eigenvalue weighted by atomic mass is 19.3. The Morgan fingerprint density at radius 2 is 1.73 bits per heavy atom. The van der Waals surface area contributed by atoms with E-state index in [1.54, 1.807) is 19.1 Å². The van der Waals surface area contributed by atoms with Crippen LogP contribution in [0.1, 0.15) is 24.8 Å². The van der Waals surface area contributed by atoms with Crippen molar-refractivity contribution in [3.05, 3.63) is 35.6 Å².